The lowest BCUT2D eigenvalue weighted by molar-refractivity contribution is 0.798. The maximum Gasteiger partial charge on any atom is 0.0895 e. The van der Waals surface area contributed by atoms with Crippen LogP contribution in [-0.4, -0.2) is 12.0 Å². The second kappa shape index (κ2) is 5.43. The molecule has 2 aromatic rings. The van der Waals surface area contributed by atoms with Crippen molar-refractivity contribution in [3.8, 4) is 0 Å². The van der Waals surface area contributed by atoms with Crippen LogP contribution >= 0.6 is 23.2 Å². The molecule has 1 heterocycles. The fraction of sp³-hybridized carbons (Fsp3) is 0.357. The molecule has 0 amide bonds. The van der Waals surface area contributed by atoms with Crippen molar-refractivity contribution in [3.63, 3.8) is 0 Å². The number of hydrogen-bond donors (Lipinski definition) is 1. The molecule has 0 aliphatic carbocycles. The number of aromatic nitrogens is 1. The highest BCUT2D eigenvalue weighted by molar-refractivity contribution is 6.38. The van der Waals surface area contributed by atoms with Crippen LogP contribution in [0.15, 0.2) is 18.2 Å². The molecule has 1 aromatic heterocycles. The number of rotatable bonds is 3. The Balaban J connectivity index is 2.76. The molecule has 1 N–H and O–H groups in total. The van der Waals surface area contributed by atoms with Crippen LogP contribution in [0.1, 0.15) is 31.0 Å². The van der Waals surface area contributed by atoms with Crippen LogP contribution in [0.5, 0.6) is 0 Å². The molecule has 4 heteroatoms. The van der Waals surface area contributed by atoms with E-state index in [0.29, 0.717) is 16.0 Å². The molecule has 0 aliphatic heterocycles. The van der Waals surface area contributed by atoms with E-state index in [1.54, 1.807) is 6.07 Å². The lowest BCUT2D eigenvalue weighted by atomic mass is 10.0. The molecule has 0 fully saturated rings. The third-order valence-electron chi connectivity index (χ3n) is 2.90. The monoisotopic (exact) mass is 282 g/mol. The van der Waals surface area contributed by atoms with Crippen molar-refractivity contribution in [2.45, 2.75) is 26.3 Å². The summed E-state index contributed by atoms with van der Waals surface area (Å²) in [6.45, 7) is 5.03. The number of nitrogens with one attached hydrogen (secondary N) is 1. The Morgan fingerprint density at radius 2 is 1.94 bits per heavy atom. The third kappa shape index (κ3) is 2.61. The minimum Gasteiger partial charge on any atom is -0.316 e. The number of nitrogens with zero attached hydrogens (tertiary/aromatic N) is 1. The molecule has 0 aliphatic rings. The molecular formula is C14H16Cl2N2. The zero-order valence-electron chi connectivity index (χ0n) is 10.7. The van der Waals surface area contributed by atoms with Crippen LogP contribution in [0.2, 0.25) is 10.0 Å². The average Bonchev–Trinajstić information content (AvgIpc) is 2.29. The zero-order chi connectivity index (χ0) is 13.3. The van der Waals surface area contributed by atoms with Crippen molar-refractivity contribution < 1.29 is 0 Å². The summed E-state index contributed by atoms with van der Waals surface area (Å²) in [5, 5.41) is 5.44. The summed E-state index contributed by atoms with van der Waals surface area (Å²) in [5.41, 5.74) is 3.06. The maximum absolute atomic E-state index is 6.24. The van der Waals surface area contributed by atoms with E-state index in [9.17, 15) is 0 Å². The highest BCUT2D eigenvalue weighted by Crippen LogP contribution is 2.30. The minimum absolute atomic E-state index is 0.372. The summed E-state index contributed by atoms with van der Waals surface area (Å²) in [6, 6.07) is 5.79. The number of fused-ring (bicyclic) bond motifs is 1. The van der Waals surface area contributed by atoms with Crippen molar-refractivity contribution in [1.29, 1.82) is 0 Å². The van der Waals surface area contributed by atoms with Crippen molar-refractivity contribution in [1.82, 2.24) is 10.3 Å². The number of benzene rings is 1. The van der Waals surface area contributed by atoms with E-state index in [0.717, 1.165) is 23.1 Å². The van der Waals surface area contributed by atoms with E-state index in [4.69, 9.17) is 23.2 Å². The van der Waals surface area contributed by atoms with Gasteiger partial charge in [-0.3, -0.25) is 4.98 Å². The summed E-state index contributed by atoms with van der Waals surface area (Å²) < 4.78 is 0. The summed E-state index contributed by atoms with van der Waals surface area (Å²) in [7, 11) is 1.92. The number of pyridine rings is 1. The summed E-state index contributed by atoms with van der Waals surface area (Å²) in [4.78, 5) is 4.64. The fourth-order valence-electron chi connectivity index (χ4n) is 1.97. The summed E-state index contributed by atoms with van der Waals surface area (Å²) >= 11 is 12.3. The van der Waals surface area contributed by atoms with Crippen LogP contribution in [0.4, 0.5) is 0 Å². The molecular weight excluding hydrogens is 267 g/mol. The second-order valence-corrected chi connectivity index (χ2v) is 5.52. The molecule has 0 spiro atoms. The predicted octanol–water partition coefficient (Wildman–Crippen LogP) is 4.38. The minimum atomic E-state index is 0.372. The fourth-order valence-corrected chi connectivity index (χ4v) is 2.51. The Morgan fingerprint density at radius 3 is 2.56 bits per heavy atom. The van der Waals surface area contributed by atoms with Gasteiger partial charge in [0.05, 0.1) is 10.5 Å². The van der Waals surface area contributed by atoms with Crippen molar-refractivity contribution in [2.75, 3.05) is 7.05 Å². The first-order valence-electron chi connectivity index (χ1n) is 5.96. The van der Waals surface area contributed by atoms with Crippen LogP contribution in [0, 0.1) is 0 Å². The summed E-state index contributed by atoms with van der Waals surface area (Å²) in [5.74, 6) is 0.372. The largest absolute Gasteiger partial charge is 0.316 e. The molecule has 0 saturated heterocycles. The Labute approximate surface area is 117 Å². The molecule has 0 saturated carbocycles. The standard InChI is InChI=1S/C14H16Cl2N2/c1-8(2)13-4-9(7-17-3)11-5-10(15)6-12(16)14(11)18-13/h4-6,8,17H,7H2,1-3H3. The molecule has 2 nitrogen and oxygen atoms in total. The highest BCUT2D eigenvalue weighted by Gasteiger charge is 2.11. The van der Waals surface area contributed by atoms with E-state index >= 15 is 0 Å². The van der Waals surface area contributed by atoms with Gasteiger partial charge in [0.1, 0.15) is 0 Å². The van der Waals surface area contributed by atoms with Crippen LogP contribution in [0.25, 0.3) is 10.9 Å². The Hall–Kier alpha value is -0.830. The van der Waals surface area contributed by atoms with E-state index in [1.165, 1.54) is 5.56 Å². The average molecular weight is 283 g/mol. The smallest absolute Gasteiger partial charge is 0.0895 e. The lowest BCUT2D eigenvalue weighted by Gasteiger charge is -2.12. The first-order valence-corrected chi connectivity index (χ1v) is 6.71. The van der Waals surface area contributed by atoms with Gasteiger partial charge in [0.2, 0.25) is 0 Å². The normalized spacial score (nSPS) is 11.4. The highest BCUT2D eigenvalue weighted by atomic mass is 35.5. The Bertz CT molecular complexity index is 580. The molecule has 18 heavy (non-hydrogen) atoms. The van der Waals surface area contributed by atoms with E-state index < -0.39 is 0 Å². The lowest BCUT2D eigenvalue weighted by Crippen LogP contribution is -2.07. The van der Waals surface area contributed by atoms with Crippen molar-refractivity contribution in [2.24, 2.45) is 0 Å². The Kier molecular flexibility index (Phi) is 4.10. The van der Waals surface area contributed by atoms with Gasteiger partial charge in [0, 0.05) is 22.6 Å². The van der Waals surface area contributed by atoms with Crippen molar-refractivity contribution in [3.05, 3.63) is 39.5 Å². The van der Waals surface area contributed by atoms with Gasteiger partial charge in [-0.2, -0.15) is 0 Å². The third-order valence-corrected chi connectivity index (χ3v) is 3.40. The molecule has 1 aromatic carbocycles. The number of halogens is 2. The predicted molar refractivity (Wildman–Crippen MR) is 78.6 cm³/mol. The van der Waals surface area contributed by atoms with Crippen LogP contribution < -0.4 is 5.32 Å². The van der Waals surface area contributed by atoms with Crippen LogP contribution in [0.3, 0.4) is 0 Å². The van der Waals surface area contributed by atoms with Gasteiger partial charge < -0.3 is 5.32 Å². The topological polar surface area (TPSA) is 24.9 Å². The van der Waals surface area contributed by atoms with Gasteiger partial charge in [-0.1, -0.05) is 37.0 Å². The molecule has 2 rings (SSSR count). The van der Waals surface area contributed by atoms with Crippen LogP contribution in [-0.2, 0) is 6.54 Å². The second-order valence-electron chi connectivity index (χ2n) is 4.68. The maximum atomic E-state index is 6.24. The molecule has 0 unspecified atom stereocenters. The quantitative estimate of drug-likeness (QED) is 0.904. The zero-order valence-corrected chi connectivity index (χ0v) is 12.2. The van der Waals surface area contributed by atoms with Gasteiger partial charge in [0.25, 0.3) is 0 Å². The van der Waals surface area contributed by atoms with Gasteiger partial charge in [-0.25, -0.2) is 0 Å². The molecule has 0 bridgehead atoms. The van der Waals surface area contributed by atoms with E-state index in [-0.39, 0.29) is 0 Å². The molecule has 0 radical (unpaired) electrons. The summed E-state index contributed by atoms with van der Waals surface area (Å²) in [6.07, 6.45) is 0. The van der Waals surface area contributed by atoms with Gasteiger partial charge in [0.15, 0.2) is 0 Å². The Morgan fingerprint density at radius 1 is 1.22 bits per heavy atom. The first-order chi connectivity index (χ1) is 8.52. The van der Waals surface area contributed by atoms with E-state index in [2.05, 4.69) is 30.2 Å². The van der Waals surface area contributed by atoms with E-state index in [1.807, 2.05) is 13.1 Å². The molecule has 96 valence electrons. The first kappa shape index (κ1) is 13.6. The SMILES string of the molecule is CNCc1cc(C(C)C)nc2c(Cl)cc(Cl)cc12. The number of hydrogen-bond acceptors (Lipinski definition) is 2. The van der Waals surface area contributed by atoms with Crippen molar-refractivity contribution >= 4 is 34.1 Å². The van der Waals surface area contributed by atoms with Gasteiger partial charge in [-0.05, 0) is 36.7 Å². The molecule has 0 atom stereocenters. The van der Waals surface area contributed by atoms with Gasteiger partial charge in [-0.15, -0.1) is 0 Å². The van der Waals surface area contributed by atoms with Gasteiger partial charge >= 0.3 is 0 Å².